The Morgan fingerprint density at radius 3 is 2.22 bits per heavy atom. The van der Waals surface area contributed by atoms with E-state index in [4.69, 9.17) is 28.9 Å². The fourth-order valence-electron chi connectivity index (χ4n) is 1.26. The van der Waals surface area contributed by atoms with Crippen LogP contribution in [0.5, 0.6) is 0 Å². The minimum atomic E-state index is -0.186. The summed E-state index contributed by atoms with van der Waals surface area (Å²) < 4.78 is 21.0. The standard InChI is InChI=1S/C15H28O8/c1-4-6-20-23-12-9-19-15(13-17-5-2)14-18-8-11-22-21-10-7-16-3/h4,6-7,10,15H,5,8-9,11-14H2,1-3H3/b6-4-,10-7+. The molecule has 0 aliphatic heterocycles. The zero-order valence-electron chi connectivity index (χ0n) is 14.1. The Morgan fingerprint density at radius 2 is 1.52 bits per heavy atom. The van der Waals surface area contributed by atoms with Crippen molar-refractivity contribution >= 4 is 0 Å². The molecule has 23 heavy (non-hydrogen) atoms. The fraction of sp³-hybridized carbons (Fsp3) is 0.733. The van der Waals surface area contributed by atoms with Gasteiger partial charge in [-0.1, -0.05) is 0 Å². The molecule has 0 aromatic carbocycles. The summed E-state index contributed by atoms with van der Waals surface area (Å²) in [6.45, 7) is 6.54. The Kier molecular flexibility index (Phi) is 17.7. The molecule has 0 aliphatic carbocycles. The predicted octanol–water partition coefficient (Wildman–Crippen LogP) is 1.97. The monoisotopic (exact) mass is 336 g/mol. The van der Waals surface area contributed by atoms with Gasteiger partial charge in [0.1, 0.15) is 31.8 Å². The highest BCUT2D eigenvalue weighted by molar-refractivity contribution is 4.62. The first-order valence-corrected chi connectivity index (χ1v) is 7.47. The molecule has 8 nitrogen and oxygen atoms in total. The molecule has 0 rings (SSSR count). The van der Waals surface area contributed by atoms with Crippen LogP contribution in [-0.4, -0.2) is 59.5 Å². The fourth-order valence-corrected chi connectivity index (χ4v) is 1.26. The van der Waals surface area contributed by atoms with Gasteiger partial charge in [-0.15, -0.1) is 0 Å². The third-order valence-electron chi connectivity index (χ3n) is 2.22. The molecule has 0 fully saturated rings. The Hall–Kier alpha value is -1.32. The van der Waals surface area contributed by atoms with Crippen LogP contribution in [0.4, 0.5) is 0 Å². The maximum Gasteiger partial charge on any atom is 0.163 e. The van der Waals surface area contributed by atoms with E-state index in [1.807, 2.05) is 13.8 Å². The van der Waals surface area contributed by atoms with Gasteiger partial charge in [-0.2, -0.15) is 9.78 Å². The first kappa shape index (κ1) is 21.7. The number of ether oxygens (including phenoxy) is 4. The summed E-state index contributed by atoms with van der Waals surface area (Å²) >= 11 is 0. The molecule has 0 aliphatic rings. The molecule has 0 saturated heterocycles. The molecule has 1 atom stereocenters. The van der Waals surface area contributed by atoms with Crippen molar-refractivity contribution in [3.05, 3.63) is 24.9 Å². The van der Waals surface area contributed by atoms with Crippen molar-refractivity contribution in [2.24, 2.45) is 0 Å². The highest BCUT2D eigenvalue weighted by atomic mass is 17.2. The smallest absolute Gasteiger partial charge is 0.163 e. The SMILES string of the molecule is C/C=C\OOCCOC(COCC)COCCOO/C=C/OC. The molecule has 0 saturated carbocycles. The molecule has 8 heteroatoms. The van der Waals surface area contributed by atoms with E-state index in [0.29, 0.717) is 39.6 Å². The summed E-state index contributed by atoms with van der Waals surface area (Å²) in [4.78, 5) is 19.1. The summed E-state index contributed by atoms with van der Waals surface area (Å²) in [7, 11) is 1.51. The summed E-state index contributed by atoms with van der Waals surface area (Å²) in [5.74, 6) is 0. The average Bonchev–Trinajstić information content (AvgIpc) is 2.57. The lowest BCUT2D eigenvalue weighted by atomic mass is 10.4. The molecule has 0 heterocycles. The van der Waals surface area contributed by atoms with Crippen LogP contribution in [0.25, 0.3) is 0 Å². The number of hydrogen-bond donors (Lipinski definition) is 0. The van der Waals surface area contributed by atoms with Gasteiger partial charge in [0.15, 0.2) is 6.26 Å². The Bertz CT molecular complexity index is 283. The van der Waals surface area contributed by atoms with Gasteiger partial charge in [-0.3, -0.25) is 0 Å². The van der Waals surface area contributed by atoms with Crippen LogP contribution in [0.2, 0.25) is 0 Å². The van der Waals surface area contributed by atoms with Crippen LogP contribution in [0, 0.1) is 0 Å². The quantitative estimate of drug-likeness (QED) is 0.173. The summed E-state index contributed by atoms with van der Waals surface area (Å²) in [5.41, 5.74) is 0. The van der Waals surface area contributed by atoms with E-state index < -0.39 is 0 Å². The lowest BCUT2D eigenvalue weighted by Gasteiger charge is -2.17. The van der Waals surface area contributed by atoms with E-state index in [0.717, 1.165) is 0 Å². The maximum absolute atomic E-state index is 5.61. The van der Waals surface area contributed by atoms with Gasteiger partial charge in [0.2, 0.25) is 0 Å². The molecule has 0 aromatic rings. The molecule has 0 radical (unpaired) electrons. The van der Waals surface area contributed by atoms with Crippen molar-refractivity contribution in [1.82, 2.24) is 0 Å². The first-order valence-electron chi connectivity index (χ1n) is 7.47. The van der Waals surface area contributed by atoms with E-state index in [2.05, 4.69) is 9.62 Å². The van der Waals surface area contributed by atoms with Gasteiger partial charge in [0.25, 0.3) is 0 Å². The lowest BCUT2D eigenvalue weighted by Crippen LogP contribution is -2.28. The van der Waals surface area contributed by atoms with Crippen LogP contribution >= 0.6 is 0 Å². The molecule has 0 bridgehead atoms. The van der Waals surface area contributed by atoms with Gasteiger partial charge in [-0.05, 0) is 19.9 Å². The van der Waals surface area contributed by atoms with Crippen molar-refractivity contribution in [3.63, 3.8) is 0 Å². The predicted molar refractivity (Wildman–Crippen MR) is 82.1 cm³/mol. The largest absolute Gasteiger partial charge is 0.501 e. The Balaban J connectivity index is 3.64. The van der Waals surface area contributed by atoms with Crippen molar-refractivity contribution in [2.75, 3.05) is 53.4 Å². The van der Waals surface area contributed by atoms with Crippen LogP contribution in [0.3, 0.4) is 0 Å². The molecule has 0 N–H and O–H groups in total. The number of methoxy groups -OCH3 is 1. The van der Waals surface area contributed by atoms with Crippen molar-refractivity contribution in [1.29, 1.82) is 0 Å². The van der Waals surface area contributed by atoms with Gasteiger partial charge in [0, 0.05) is 6.61 Å². The highest BCUT2D eigenvalue weighted by Crippen LogP contribution is 1.97. The van der Waals surface area contributed by atoms with Gasteiger partial charge in [-0.25, -0.2) is 0 Å². The molecular weight excluding hydrogens is 308 g/mol. The van der Waals surface area contributed by atoms with Gasteiger partial charge >= 0.3 is 0 Å². The molecular formula is C15H28O8. The van der Waals surface area contributed by atoms with E-state index in [1.165, 1.54) is 25.9 Å². The number of rotatable bonds is 17. The first-order chi connectivity index (χ1) is 11.3. The van der Waals surface area contributed by atoms with E-state index in [9.17, 15) is 0 Å². The van der Waals surface area contributed by atoms with Crippen LogP contribution < -0.4 is 0 Å². The zero-order chi connectivity index (χ0) is 17.0. The van der Waals surface area contributed by atoms with Crippen LogP contribution in [0.15, 0.2) is 24.9 Å². The van der Waals surface area contributed by atoms with Crippen LogP contribution in [0.1, 0.15) is 13.8 Å². The minimum absolute atomic E-state index is 0.186. The van der Waals surface area contributed by atoms with Crippen LogP contribution in [-0.2, 0) is 38.5 Å². The van der Waals surface area contributed by atoms with Gasteiger partial charge < -0.3 is 28.7 Å². The molecule has 1 unspecified atom stereocenters. The third-order valence-corrected chi connectivity index (χ3v) is 2.22. The highest BCUT2D eigenvalue weighted by Gasteiger charge is 2.10. The molecule has 136 valence electrons. The molecule has 0 amide bonds. The Labute approximate surface area is 137 Å². The van der Waals surface area contributed by atoms with Crippen molar-refractivity contribution in [2.45, 2.75) is 20.0 Å². The average molecular weight is 336 g/mol. The normalized spacial score (nSPS) is 12.8. The Morgan fingerprint density at radius 1 is 0.826 bits per heavy atom. The zero-order valence-corrected chi connectivity index (χ0v) is 14.1. The maximum atomic E-state index is 5.61. The van der Waals surface area contributed by atoms with E-state index in [-0.39, 0.29) is 12.7 Å². The minimum Gasteiger partial charge on any atom is -0.501 e. The van der Waals surface area contributed by atoms with E-state index in [1.54, 1.807) is 6.08 Å². The van der Waals surface area contributed by atoms with Crippen molar-refractivity contribution in [3.8, 4) is 0 Å². The molecule has 0 aromatic heterocycles. The van der Waals surface area contributed by atoms with Crippen molar-refractivity contribution < 1.29 is 38.5 Å². The van der Waals surface area contributed by atoms with E-state index >= 15 is 0 Å². The second-order valence-electron chi connectivity index (χ2n) is 4.04. The number of allylic oxidation sites excluding steroid dienone is 1. The second kappa shape index (κ2) is 18.7. The van der Waals surface area contributed by atoms with Gasteiger partial charge in [0.05, 0.1) is 33.5 Å². The lowest BCUT2D eigenvalue weighted by molar-refractivity contribution is -0.261. The second-order valence-corrected chi connectivity index (χ2v) is 4.04. The molecule has 0 spiro atoms. The third kappa shape index (κ3) is 16.9. The number of hydrogen-bond acceptors (Lipinski definition) is 8. The summed E-state index contributed by atoms with van der Waals surface area (Å²) in [6, 6.07) is 0. The topological polar surface area (TPSA) is 73.8 Å². The summed E-state index contributed by atoms with van der Waals surface area (Å²) in [6.07, 6.45) is 5.63. The summed E-state index contributed by atoms with van der Waals surface area (Å²) in [5, 5.41) is 0.